The number of benzene rings is 1. The fraction of sp³-hybridized carbons (Fsp3) is 0.562. The van der Waals surface area contributed by atoms with Crippen LogP contribution in [-0.2, 0) is 28.8 Å². The number of carbonyl (C=O) groups excluding carboxylic acids is 1. The number of hydrogen-bond donors (Lipinski definition) is 1. The van der Waals surface area contributed by atoms with Crippen molar-refractivity contribution in [2.75, 3.05) is 0 Å². The molecule has 3 nitrogen and oxygen atoms in total. The van der Waals surface area contributed by atoms with Gasteiger partial charge in [0.1, 0.15) is 11.6 Å². The fourth-order valence-corrected chi connectivity index (χ4v) is 2.47. The van der Waals surface area contributed by atoms with E-state index >= 15 is 0 Å². The first-order valence-electron chi connectivity index (χ1n) is 6.94. The summed E-state index contributed by atoms with van der Waals surface area (Å²) in [5.41, 5.74) is 9.42. The molecule has 0 radical (unpaired) electrons. The molecule has 1 aliphatic rings. The Morgan fingerprint density at radius 2 is 2.00 bits per heavy atom. The maximum absolute atomic E-state index is 11.8. The van der Waals surface area contributed by atoms with Crippen LogP contribution in [0.25, 0.3) is 0 Å². The summed E-state index contributed by atoms with van der Waals surface area (Å²) in [6.45, 7) is 5.56. The number of esters is 1. The number of rotatable bonds is 3. The first kappa shape index (κ1) is 14.1. The Labute approximate surface area is 115 Å². The minimum atomic E-state index is -0.585. The molecule has 2 N–H and O–H groups in total. The van der Waals surface area contributed by atoms with E-state index in [2.05, 4.69) is 18.2 Å². The molecule has 0 spiro atoms. The average molecular weight is 261 g/mol. The summed E-state index contributed by atoms with van der Waals surface area (Å²) < 4.78 is 5.30. The third-order valence-electron chi connectivity index (χ3n) is 3.33. The van der Waals surface area contributed by atoms with Crippen LogP contribution in [-0.4, -0.2) is 17.6 Å². The van der Waals surface area contributed by atoms with E-state index in [0.29, 0.717) is 6.42 Å². The standard InChI is InChI=1S/C16H23NO2/c1-16(2,3)19-15(18)14(17)10-11-7-8-12-5-4-6-13(12)9-11/h7-9,14H,4-6,10,17H2,1-3H3/t14-/m0/s1. The first-order chi connectivity index (χ1) is 8.85. The Morgan fingerprint density at radius 3 is 2.68 bits per heavy atom. The summed E-state index contributed by atoms with van der Waals surface area (Å²) in [4.78, 5) is 11.8. The summed E-state index contributed by atoms with van der Waals surface area (Å²) in [7, 11) is 0. The van der Waals surface area contributed by atoms with Crippen LogP contribution in [0.15, 0.2) is 18.2 Å². The van der Waals surface area contributed by atoms with Crippen molar-refractivity contribution >= 4 is 5.97 Å². The molecule has 0 fully saturated rings. The number of nitrogens with two attached hydrogens (primary N) is 1. The van der Waals surface area contributed by atoms with E-state index in [1.54, 1.807) is 0 Å². The van der Waals surface area contributed by atoms with E-state index in [1.165, 1.54) is 24.0 Å². The summed E-state index contributed by atoms with van der Waals surface area (Å²) in [6.07, 6.45) is 4.09. The molecule has 0 saturated carbocycles. The van der Waals surface area contributed by atoms with Crippen LogP contribution < -0.4 is 5.73 Å². The van der Waals surface area contributed by atoms with E-state index < -0.39 is 11.6 Å². The van der Waals surface area contributed by atoms with Gasteiger partial charge in [0.15, 0.2) is 0 Å². The summed E-state index contributed by atoms with van der Waals surface area (Å²) in [5, 5.41) is 0. The maximum Gasteiger partial charge on any atom is 0.323 e. The first-order valence-corrected chi connectivity index (χ1v) is 6.94. The SMILES string of the molecule is CC(C)(C)OC(=O)[C@@H](N)Cc1ccc2c(c1)CCC2. The van der Waals surface area contributed by atoms with Crippen molar-refractivity contribution in [1.82, 2.24) is 0 Å². The van der Waals surface area contributed by atoms with Gasteiger partial charge in [0.2, 0.25) is 0 Å². The minimum Gasteiger partial charge on any atom is -0.459 e. The van der Waals surface area contributed by atoms with Gasteiger partial charge in [-0.1, -0.05) is 18.2 Å². The van der Waals surface area contributed by atoms with Gasteiger partial charge in [-0.25, -0.2) is 0 Å². The van der Waals surface area contributed by atoms with Crippen LogP contribution in [0, 0.1) is 0 Å². The number of aryl methyl sites for hydroxylation is 2. The van der Waals surface area contributed by atoms with Gasteiger partial charge in [0.05, 0.1) is 0 Å². The molecule has 3 heteroatoms. The lowest BCUT2D eigenvalue weighted by Crippen LogP contribution is -2.38. The molecule has 2 rings (SSSR count). The number of ether oxygens (including phenoxy) is 1. The van der Waals surface area contributed by atoms with Gasteiger partial charge in [-0.3, -0.25) is 4.79 Å². The maximum atomic E-state index is 11.8. The normalized spacial score (nSPS) is 16.0. The number of fused-ring (bicyclic) bond motifs is 1. The minimum absolute atomic E-state index is 0.326. The van der Waals surface area contributed by atoms with E-state index in [4.69, 9.17) is 10.5 Å². The zero-order chi connectivity index (χ0) is 14.0. The van der Waals surface area contributed by atoms with Crippen LogP contribution in [0.4, 0.5) is 0 Å². The monoisotopic (exact) mass is 261 g/mol. The van der Waals surface area contributed by atoms with Crippen LogP contribution in [0.5, 0.6) is 0 Å². The second kappa shape index (κ2) is 5.33. The van der Waals surface area contributed by atoms with Gasteiger partial charge in [-0.15, -0.1) is 0 Å². The van der Waals surface area contributed by atoms with Gasteiger partial charge in [0.25, 0.3) is 0 Å². The quantitative estimate of drug-likeness (QED) is 0.850. The van der Waals surface area contributed by atoms with E-state index in [0.717, 1.165) is 12.0 Å². The van der Waals surface area contributed by atoms with Crippen LogP contribution >= 0.6 is 0 Å². The van der Waals surface area contributed by atoms with Crippen LogP contribution in [0.3, 0.4) is 0 Å². The number of hydrogen-bond acceptors (Lipinski definition) is 3. The molecule has 0 aromatic heterocycles. The molecule has 1 aromatic rings. The van der Waals surface area contributed by atoms with Crippen LogP contribution in [0.2, 0.25) is 0 Å². The lowest BCUT2D eigenvalue weighted by atomic mass is 10.0. The van der Waals surface area contributed by atoms with E-state index in [9.17, 15) is 4.79 Å². The zero-order valence-corrected chi connectivity index (χ0v) is 12.0. The molecule has 0 saturated heterocycles. The molecule has 0 unspecified atom stereocenters. The molecule has 0 heterocycles. The molecule has 19 heavy (non-hydrogen) atoms. The second-order valence-corrected chi connectivity index (χ2v) is 6.30. The van der Waals surface area contributed by atoms with Crippen molar-refractivity contribution in [3.05, 3.63) is 34.9 Å². The Balaban J connectivity index is 1.99. The average Bonchev–Trinajstić information content (AvgIpc) is 2.73. The third-order valence-corrected chi connectivity index (χ3v) is 3.33. The Morgan fingerprint density at radius 1 is 1.32 bits per heavy atom. The Hall–Kier alpha value is -1.35. The summed E-state index contributed by atoms with van der Waals surface area (Å²) in [6, 6.07) is 5.85. The smallest absolute Gasteiger partial charge is 0.323 e. The van der Waals surface area contributed by atoms with Crippen LogP contribution in [0.1, 0.15) is 43.9 Å². The lowest BCUT2D eigenvalue weighted by Gasteiger charge is -2.22. The molecule has 0 bridgehead atoms. The van der Waals surface area contributed by atoms with E-state index in [1.807, 2.05) is 20.8 Å². The van der Waals surface area contributed by atoms with E-state index in [-0.39, 0.29) is 5.97 Å². The Bertz CT molecular complexity index is 474. The zero-order valence-electron chi connectivity index (χ0n) is 12.0. The highest BCUT2D eigenvalue weighted by atomic mass is 16.6. The molecule has 1 aliphatic carbocycles. The molecular formula is C16H23NO2. The largest absolute Gasteiger partial charge is 0.459 e. The predicted molar refractivity (Wildman–Crippen MR) is 76.0 cm³/mol. The van der Waals surface area contributed by atoms with Crippen molar-refractivity contribution in [2.24, 2.45) is 5.73 Å². The third kappa shape index (κ3) is 3.80. The predicted octanol–water partition coefficient (Wildman–Crippen LogP) is 2.39. The highest BCUT2D eigenvalue weighted by Gasteiger charge is 2.22. The molecule has 1 atom stereocenters. The van der Waals surface area contributed by atoms with Crippen molar-refractivity contribution in [3.63, 3.8) is 0 Å². The molecule has 1 aromatic carbocycles. The van der Waals surface area contributed by atoms with Crippen molar-refractivity contribution < 1.29 is 9.53 Å². The lowest BCUT2D eigenvalue weighted by molar-refractivity contribution is -0.156. The Kier molecular flexibility index (Phi) is 3.95. The van der Waals surface area contributed by atoms with Crippen molar-refractivity contribution in [3.8, 4) is 0 Å². The van der Waals surface area contributed by atoms with Gasteiger partial charge in [0, 0.05) is 0 Å². The molecular weight excluding hydrogens is 238 g/mol. The summed E-state index contributed by atoms with van der Waals surface area (Å²) >= 11 is 0. The molecule has 104 valence electrons. The van der Waals surface area contributed by atoms with Gasteiger partial charge >= 0.3 is 5.97 Å². The highest BCUT2D eigenvalue weighted by molar-refractivity contribution is 5.76. The highest BCUT2D eigenvalue weighted by Crippen LogP contribution is 2.23. The fourth-order valence-electron chi connectivity index (χ4n) is 2.47. The van der Waals surface area contributed by atoms with Gasteiger partial charge in [-0.2, -0.15) is 0 Å². The summed E-state index contributed by atoms with van der Waals surface area (Å²) in [5.74, 6) is -0.326. The van der Waals surface area contributed by atoms with Crippen molar-refractivity contribution in [1.29, 1.82) is 0 Å². The topological polar surface area (TPSA) is 52.3 Å². The second-order valence-electron chi connectivity index (χ2n) is 6.30. The molecule has 0 amide bonds. The molecule has 0 aliphatic heterocycles. The van der Waals surface area contributed by atoms with Gasteiger partial charge in [-0.05, 0) is 63.1 Å². The van der Waals surface area contributed by atoms with Gasteiger partial charge < -0.3 is 10.5 Å². The number of carbonyl (C=O) groups is 1. The van der Waals surface area contributed by atoms with Crippen molar-refractivity contribution in [2.45, 2.75) is 58.1 Å².